The van der Waals surface area contributed by atoms with Crippen LogP contribution in [-0.4, -0.2) is 0 Å². The third-order valence-electron chi connectivity index (χ3n) is 5.66. The molecule has 2 heteroatoms. The van der Waals surface area contributed by atoms with Crippen molar-refractivity contribution in [3.05, 3.63) is 109 Å². The topological polar surface area (TPSA) is 24.7 Å². The van der Waals surface area contributed by atoms with Gasteiger partial charge >= 0.3 is 0 Å². The lowest BCUT2D eigenvalue weighted by Gasteiger charge is -2.04. The van der Waals surface area contributed by atoms with Gasteiger partial charge in [0.25, 0.3) is 0 Å². The first-order valence-electron chi connectivity index (χ1n) is 10.1. The van der Waals surface area contributed by atoms with Gasteiger partial charge in [-0.05, 0) is 91.6 Å². The van der Waals surface area contributed by atoms with E-state index in [9.17, 15) is 0 Å². The molecule has 0 saturated heterocycles. The average Bonchev–Trinajstić information content (AvgIpc) is 2.79. The van der Waals surface area contributed by atoms with Crippen LogP contribution in [0.25, 0.3) is 43.1 Å². The second-order valence-corrected chi connectivity index (χ2v) is 7.66. The first kappa shape index (κ1) is 16.9. The molecule has 6 aromatic rings. The van der Waals surface area contributed by atoms with Crippen LogP contribution in [0.15, 0.2) is 119 Å². The molecular formula is C28H18N2. The van der Waals surface area contributed by atoms with E-state index in [0.29, 0.717) is 0 Å². The largest absolute Gasteiger partial charge is 0.151 e. The van der Waals surface area contributed by atoms with Gasteiger partial charge in [-0.1, -0.05) is 60.7 Å². The van der Waals surface area contributed by atoms with E-state index in [-0.39, 0.29) is 0 Å². The van der Waals surface area contributed by atoms with Crippen molar-refractivity contribution >= 4 is 54.5 Å². The first-order chi connectivity index (χ1) is 14.8. The summed E-state index contributed by atoms with van der Waals surface area (Å²) in [5, 5.41) is 18.8. The minimum Gasteiger partial charge on any atom is -0.151 e. The van der Waals surface area contributed by atoms with Gasteiger partial charge in [-0.3, -0.25) is 0 Å². The molecule has 0 radical (unpaired) electrons. The highest BCUT2D eigenvalue weighted by Crippen LogP contribution is 2.29. The Hall–Kier alpha value is -4.04. The number of fused-ring (bicyclic) bond motifs is 4. The fourth-order valence-corrected chi connectivity index (χ4v) is 4.09. The zero-order valence-electron chi connectivity index (χ0n) is 16.3. The lowest BCUT2D eigenvalue weighted by Crippen LogP contribution is -1.77. The number of nitrogens with zero attached hydrogens (tertiary/aromatic N) is 2. The van der Waals surface area contributed by atoms with Crippen LogP contribution in [0, 0.1) is 0 Å². The second kappa shape index (κ2) is 6.78. The van der Waals surface area contributed by atoms with E-state index in [0.717, 1.165) is 11.4 Å². The molecule has 140 valence electrons. The van der Waals surface area contributed by atoms with Crippen molar-refractivity contribution in [3.8, 4) is 0 Å². The van der Waals surface area contributed by atoms with E-state index < -0.39 is 0 Å². The van der Waals surface area contributed by atoms with Crippen LogP contribution in [0.3, 0.4) is 0 Å². The van der Waals surface area contributed by atoms with E-state index in [1.807, 2.05) is 12.1 Å². The van der Waals surface area contributed by atoms with E-state index in [1.165, 1.54) is 43.1 Å². The Morgan fingerprint density at radius 2 is 0.633 bits per heavy atom. The lowest BCUT2D eigenvalue weighted by atomic mass is 10.0. The van der Waals surface area contributed by atoms with Gasteiger partial charge in [0.1, 0.15) is 0 Å². The zero-order valence-corrected chi connectivity index (χ0v) is 16.3. The molecule has 0 bridgehead atoms. The summed E-state index contributed by atoms with van der Waals surface area (Å²) >= 11 is 0. The molecule has 6 aromatic carbocycles. The SMILES string of the molecule is c1ccc2cc3cc(N=Nc4ccc5cc6ccccc6cc5c4)ccc3cc2c1. The Balaban J connectivity index is 1.38. The quantitative estimate of drug-likeness (QED) is 0.211. The Morgan fingerprint density at radius 3 is 1.03 bits per heavy atom. The molecule has 0 saturated carbocycles. The summed E-state index contributed by atoms with van der Waals surface area (Å²) in [5.41, 5.74) is 1.72. The van der Waals surface area contributed by atoms with Crippen LogP contribution in [0.4, 0.5) is 11.4 Å². The van der Waals surface area contributed by atoms with Crippen molar-refractivity contribution in [1.82, 2.24) is 0 Å². The maximum atomic E-state index is 4.50. The van der Waals surface area contributed by atoms with Gasteiger partial charge in [0, 0.05) is 0 Å². The predicted octanol–water partition coefficient (Wildman–Crippen LogP) is 8.71. The van der Waals surface area contributed by atoms with Crippen LogP contribution in [-0.2, 0) is 0 Å². The van der Waals surface area contributed by atoms with Gasteiger partial charge in [-0.25, -0.2) is 0 Å². The molecule has 6 rings (SSSR count). The highest BCUT2D eigenvalue weighted by Gasteiger charge is 2.01. The molecule has 0 fully saturated rings. The van der Waals surface area contributed by atoms with Gasteiger partial charge in [0.15, 0.2) is 0 Å². The van der Waals surface area contributed by atoms with E-state index in [1.54, 1.807) is 0 Å². The maximum Gasteiger partial charge on any atom is 0.0863 e. The molecule has 0 heterocycles. The number of hydrogen-bond donors (Lipinski definition) is 0. The van der Waals surface area contributed by atoms with Crippen molar-refractivity contribution in [2.75, 3.05) is 0 Å². The van der Waals surface area contributed by atoms with Gasteiger partial charge < -0.3 is 0 Å². The predicted molar refractivity (Wildman–Crippen MR) is 127 cm³/mol. The Bertz CT molecular complexity index is 1470. The third-order valence-corrected chi connectivity index (χ3v) is 5.66. The number of benzene rings is 6. The van der Waals surface area contributed by atoms with Gasteiger partial charge in [0.05, 0.1) is 11.4 Å². The summed E-state index contributed by atoms with van der Waals surface area (Å²) in [4.78, 5) is 0. The molecule has 0 aliphatic carbocycles. The summed E-state index contributed by atoms with van der Waals surface area (Å²) in [5.74, 6) is 0. The van der Waals surface area contributed by atoms with E-state index in [2.05, 4.69) is 107 Å². The minimum absolute atomic E-state index is 0.858. The molecule has 0 spiro atoms. The Morgan fingerprint density at radius 1 is 0.300 bits per heavy atom. The molecular weight excluding hydrogens is 364 g/mol. The Labute approximate surface area is 174 Å². The fourth-order valence-electron chi connectivity index (χ4n) is 4.09. The van der Waals surface area contributed by atoms with Crippen LogP contribution in [0.1, 0.15) is 0 Å². The number of hydrogen-bond acceptors (Lipinski definition) is 2. The number of rotatable bonds is 2. The highest BCUT2D eigenvalue weighted by atomic mass is 15.1. The molecule has 0 aliphatic rings. The molecule has 0 aliphatic heterocycles. The van der Waals surface area contributed by atoms with Crippen molar-refractivity contribution in [2.45, 2.75) is 0 Å². The van der Waals surface area contributed by atoms with Crippen LogP contribution >= 0.6 is 0 Å². The Kier molecular flexibility index (Phi) is 3.82. The number of azo groups is 1. The highest BCUT2D eigenvalue weighted by molar-refractivity contribution is 6.00. The molecule has 0 atom stereocenters. The first-order valence-corrected chi connectivity index (χ1v) is 10.1. The standard InChI is InChI=1S/C28H18N2/c1-3-7-21-15-25-17-27(11-9-23(25)13-19(21)5-1)29-30-28-12-10-24-14-20-6-2-4-8-22(20)16-26(24)18-28/h1-18H. The summed E-state index contributed by atoms with van der Waals surface area (Å²) < 4.78 is 0. The third kappa shape index (κ3) is 2.99. The summed E-state index contributed by atoms with van der Waals surface area (Å²) in [6.45, 7) is 0. The normalized spacial score (nSPS) is 11.9. The molecule has 2 nitrogen and oxygen atoms in total. The van der Waals surface area contributed by atoms with E-state index in [4.69, 9.17) is 0 Å². The van der Waals surface area contributed by atoms with Crippen molar-refractivity contribution < 1.29 is 0 Å². The van der Waals surface area contributed by atoms with Crippen molar-refractivity contribution in [2.24, 2.45) is 10.2 Å². The summed E-state index contributed by atoms with van der Waals surface area (Å²) in [6, 6.07) is 38.2. The zero-order chi connectivity index (χ0) is 19.9. The lowest BCUT2D eigenvalue weighted by molar-refractivity contribution is 1.24. The molecule has 0 unspecified atom stereocenters. The van der Waals surface area contributed by atoms with Crippen LogP contribution in [0.2, 0.25) is 0 Å². The van der Waals surface area contributed by atoms with Gasteiger partial charge in [-0.15, -0.1) is 0 Å². The molecule has 0 aromatic heterocycles. The van der Waals surface area contributed by atoms with Crippen LogP contribution < -0.4 is 0 Å². The minimum atomic E-state index is 0.858. The fraction of sp³-hybridized carbons (Fsp3) is 0. The monoisotopic (exact) mass is 382 g/mol. The second-order valence-electron chi connectivity index (χ2n) is 7.66. The van der Waals surface area contributed by atoms with Crippen LogP contribution in [0.5, 0.6) is 0 Å². The van der Waals surface area contributed by atoms with E-state index >= 15 is 0 Å². The summed E-state index contributed by atoms with van der Waals surface area (Å²) in [6.07, 6.45) is 0. The molecule has 30 heavy (non-hydrogen) atoms. The average molecular weight is 382 g/mol. The molecule has 0 N–H and O–H groups in total. The summed E-state index contributed by atoms with van der Waals surface area (Å²) in [7, 11) is 0. The van der Waals surface area contributed by atoms with Gasteiger partial charge in [0.2, 0.25) is 0 Å². The van der Waals surface area contributed by atoms with Gasteiger partial charge in [-0.2, -0.15) is 10.2 Å². The molecule has 0 amide bonds. The smallest absolute Gasteiger partial charge is 0.0863 e. The maximum absolute atomic E-state index is 4.50. The van der Waals surface area contributed by atoms with Crippen molar-refractivity contribution in [3.63, 3.8) is 0 Å². The van der Waals surface area contributed by atoms with Crippen molar-refractivity contribution in [1.29, 1.82) is 0 Å².